The van der Waals surface area contributed by atoms with E-state index in [0.29, 0.717) is 5.56 Å². The van der Waals surface area contributed by atoms with Crippen LogP contribution in [-0.2, 0) is 9.59 Å². The van der Waals surface area contributed by atoms with Crippen LogP contribution in [-0.4, -0.2) is 52.1 Å². The minimum absolute atomic E-state index is 0.148. The lowest BCUT2D eigenvalue weighted by Crippen LogP contribution is -2.33. The van der Waals surface area contributed by atoms with Crippen molar-refractivity contribution < 1.29 is 29.3 Å². The van der Waals surface area contributed by atoms with E-state index in [1.54, 1.807) is 0 Å². The maximum Gasteiger partial charge on any atom is 0.323 e. The number of thioether (sulfide) groups is 1. The number of aromatic hydroxyl groups is 1. The van der Waals surface area contributed by atoms with E-state index in [2.05, 4.69) is 0 Å². The van der Waals surface area contributed by atoms with Crippen LogP contribution in [0.3, 0.4) is 0 Å². The molecule has 1 aliphatic heterocycles. The number of methoxy groups -OCH3 is 2. The number of rotatable bonds is 5. The third-order valence-electron chi connectivity index (χ3n) is 2.97. The Bertz CT molecular complexity index is 690. The molecule has 0 radical (unpaired) electrons. The molecule has 1 heterocycles. The molecule has 2 N–H and O–H groups in total. The number of hydrogen-bond acceptors (Lipinski definition) is 7. The monoisotopic (exact) mass is 355 g/mol. The zero-order valence-corrected chi connectivity index (χ0v) is 13.9. The molecule has 0 unspecified atom stereocenters. The number of carbonyl (C=O) groups is 2. The van der Waals surface area contributed by atoms with Gasteiger partial charge in [0, 0.05) is 0 Å². The second-order valence-electron chi connectivity index (χ2n) is 4.44. The highest BCUT2D eigenvalue weighted by molar-refractivity contribution is 8.26. The Morgan fingerprint density at radius 1 is 1.35 bits per heavy atom. The highest BCUT2D eigenvalue weighted by Crippen LogP contribution is 2.39. The summed E-state index contributed by atoms with van der Waals surface area (Å²) in [6, 6.07) is 3.06. The normalized spacial score (nSPS) is 16.1. The second kappa shape index (κ2) is 6.88. The zero-order chi connectivity index (χ0) is 17.1. The minimum atomic E-state index is -1.14. The van der Waals surface area contributed by atoms with Crippen LogP contribution in [0.5, 0.6) is 17.2 Å². The first-order valence-corrected chi connectivity index (χ1v) is 7.52. The average molecular weight is 355 g/mol. The van der Waals surface area contributed by atoms with E-state index >= 15 is 0 Å². The number of hydrogen-bond donors (Lipinski definition) is 2. The molecule has 1 aromatic rings. The molecule has 0 spiro atoms. The van der Waals surface area contributed by atoms with E-state index in [-0.39, 0.29) is 26.5 Å². The summed E-state index contributed by atoms with van der Waals surface area (Å²) < 4.78 is 10.3. The van der Waals surface area contributed by atoms with E-state index in [1.807, 2.05) is 0 Å². The first kappa shape index (κ1) is 17.1. The highest BCUT2D eigenvalue weighted by atomic mass is 32.2. The summed E-state index contributed by atoms with van der Waals surface area (Å²) in [5.74, 6) is -1.39. The summed E-state index contributed by atoms with van der Waals surface area (Å²) in [6.45, 7) is -0.482. The highest BCUT2D eigenvalue weighted by Gasteiger charge is 2.33. The maximum atomic E-state index is 12.2. The number of thiocarbonyl (C=S) groups is 1. The molecule has 7 nitrogen and oxygen atoms in total. The Labute approximate surface area is 141 Å². The summed E-state index contributed by atoms with van der Waals surface area (Å²) in [5.41, 5.74) is 0.548. The van der Waals surface area contributed by atoms with E-state index in [4.69, 9.17) is 26.8 Å². The number of amides is 1. The molecule has 122 valence electrons. The maximum absolute atomic E-state index is 12.2. The van der Waals surface area contributed by atoms with Gasteiger partial charge in [0.1, 0.15) is 10.9 Å². The lowest BCUT2D eigenvalue weighted by Gasteiger charge is -2.10. The smallest absolute Gasteiger partial charge is 0.323 e. The SMILES string of the molecule is COc1cc(/C=C2\SC(=S)N(CC(=O)O)C2=O)cc(OC)c1O. The molecular weight excluding hydrogens is 342 g/mol. The van der Waals surface area contributed by atoms with Crippen molar-refractivity contribution in [1.29, 1.82) is 0 Å². The van der Waals surface area contributed by atoms with Crippen molar-refractivity contribution in [2.75, 3.05) is 20.8 Å². The van der Waals surface area contributed by atoms with Crippen LogP contribution >= 0.6 is 24.0 Å². The number of aliphatic carboxylic acids is 1. The number of carboxylic acid groups (broad SMARTS) is 1. The molecule has 2 rings (SSSR count). The Hall–Kier alpha value is -2.26. The van der Waals surface area contributed by atoms with Gasteiger partial charge in [0.2, 0.25) is 5.75 Å². The lowest BCUT2D eigenvalue weighted by molar-refractivity contribution is -0.140. The number of carbonyl (C=O) groups excluding carboxylic acids is 1. The van der Waals surface area contributed by atoms with Gasteiger partial charge in [-0.05, 0) is 23.8 Å². The molecule has 0 aromatic heterocycles. The van der Waals surface area contributed by atoms with Crippen molar-refractivity contribution in [1.82, 2.24) is 4.90 Å². The van der Waals surface area contributed by atoms with Crippen LogP contribution in [0.15, 0.2) is 17.0 Å². The molecule has 0 aliphatic carbocycles. The van der Waals surface area contributed by atoms with Crippen LogP contribution in [0.25, 0.3) is 6.08 Å². The summed E-state index contributed by atoms with van der Waals surface area (Å²) in [4.78, 5) is 24.3. The fourth-order valence-electron chi connectivity index (χ4n) is 1.92. The molecule has 9 heteroatoms. The molecule has 1 aliphatic rings. The number of phenolic OH excluding ortho intramolecular Hbond substituents is 1. The lowest BCUT2D eigenvalue weighted by atomic mass is 10.1. The summed E-state index contributed by atoms with van der Waals surface area (Å²) in [7, 11) is 2.79. The fraction of sp³-hybridized carbons (Fsp3) is 0.214. The predicted molar refractivity (Wildman–Crippen MR) is 88.7 cm³/mol. The number of phenols is 1. The van der Waals surface area contributed by atoms with Crippen LogP contribution in [0, 0.1) is 0 Å². The van der Waals surface area contributed by atoms with Crippen molar-refractivity contribution in [3.63, 3.8) is 0 Å². The van der Waals surface area contributed by atoms with Gasteiger partial charge in [-0.3, -0.25) is 14.5 Å². The van der Waals surface area contributed by atoms with Gasteiger partial charge in [0.25, 0.3) is 5.91 Å². The predicted octanol–water partition coefficient (Wildman–Crippen LogP) is 1.70. The van der Waals surface area contributed by atoms with Gasteiger partial charge in [-0.25, -0.2) is 0 Å². The Morgan fingerprint density at radius 2 is 1.91 bits per heavy atom. The molecule has 1 amide bonds. The summed E-state index contributed by atoms with van der Waals surface area (Å²) in [5, 5.41) is 18.7. The van der Waals surface area contributed by atoms with Crippen molar-refractivity contribution >= 4 is 46.3 Å². The molecule has 1 saturated heterocycles. The topological polar surface area (TPSA) is 96.3 Å². The van der Waals surface area contributed by atoms with E-state index < -0.39 is 18.4 Å². The third kappa shape index (κ3) is 3.57. The first-order valence-electron chi connectivity index (χ1n) is 6.29. The van der Waals surface area contributed by atoms with E-state index in [9.17, 15) is 14.7 Å². The summed E-state index contributed by atoms with van der Waals surface area (Å²) in [6.07, 6.45) is 1.53. The van der Waals surface area contributed by atoms with Crippen molar-refractivity contribution in [3.8, 4) is 17.2 Å². The molecule has 0 atom stereocenters. The Morgan fingerprint density at radius 3 is 2.39 bits per heavy atom. The number of ether oxygens (including phenoxy) is 2. The Kier molecular flexibility index (Phi) is 5.12. The van der Waals surface area contributed by atoms with Crippen molar-refractivity contribution in [3.05, 3.63) is 22.6 Å². The fourth-order valence-corrected chi connectivity index (χ4v) is 3.18. The van der Waals surface area contributed by atoms with Gasteiger partial charge in [0.15, 0.2) is 11.5 Å². The van der Waals surface area contributed by atoms with Crippen LogP contribution in [0.4, 0.5) is 0 Å². The molecular formula is C14H13NO6S2. The van der Waals surface area contributed by atoms with Crippen molar-refractivity contribution in [2.45, 2.75) is 0 Å². The van der Waals surface area contributed by atoms with Gasteiger partial charge >= 0.3 is 5.97 Å². The average Bonchev–Trinajstić information content (AvgIpc) is 2.76. The molecule has 0 saturated carbocycles. The van der Waals surface area contributed by atoms with Crippen LogP contribution in [0.1, 0.15) is 5.56 Å². The first-order chi connectivity index (χ1) is 10.9. The minimum Gasteiger partial charge on any atom is -0.502 e. The van der Waals surface area contributed by atoms with Crippen molar-refractivity contribution in [2.24, 2.45) is 0 Å². The van der Waals surface area contributed by atoms with Gasteiger partial charge < -0.3 is 19.7 Å². The summed E-state index contributed by atoms with van der Waals surface area (Å²) >= 11 is 6.03. The molecule has 1 aromatic carbocycles. The number of nitrogens with zero attached hydrogens (tertiary/aromatic N) is 1. The molecule has 0 bridgehead atoms. The van der Waals surface area contributed by atoms with Gasteiger partial charge in [-0.2, -0.15) is 0 Å². The number of carboxylic acids is 1. The molecule has 1 fully saturated rings. The standard InChI is InChI=1S/C14H13NO6S2/c1-20-8-3-7(4-9(21-2)12(8)18)5-10-13(19)15(6-11(16)17)14(22)23-10/h3-5,18H,6H2,1-2H3,(H,16,17)/b10-5-. The van der Waals surface area contributed by atoms with E-state index in [0.717, 1.165) is 16.7 Å². The van der Waals surface area contributed by atoms with E-state index in [1.165, 1.54) is 32.4 Å². The third-order valence-corrected chi connectivity index (χ3v) is 4.34. The van der Waals surface area contributed by atoms with Crippen LogP contribution in [0.2, 0.25) is 0 Å². The second-order valence-corrected chi connectivity index (χ2v) is 6.11. The zero-order valence-electron chi connectivity index (χ0n) is 12.2. The number of benzene rings is 1. The van der Waals surface area contributed by atoms with Gasteiger partial charge in [-0.1, -0.05) is 24.0 Å². The van der Waals surface area contributed by atoms with Gasteiger partial charge in [0.05, 0.1) is 19.1 Å². The quantitative estimate of drug-likeness (QED) is 0.608. The van der Waals surface area contributed by atoms with Gasteiger partial charge in [-0.15, -0.1) is 0 Å². The van der Waals surface area contributed by atoms with Crippen LogP contribution < -0.4 is 9.47 Å². The largest absolute Gasteiger partial charge is 0.502 e. The Balaban J connectivity index is 2.37. The molecule has 23 heavy (non-hydrogen) atoms.